The van der Waals surface area contributed by atoms with E-state index in [-0.39, 0.29) is 49.5 Å². The van der Waals surface area contributed by atoms with Crippen molar-refractivity contribution in [1.82, 2.24) is 10.2 Å². The van der Waals surface area contributed by atoms with E-state index in [1.807, 2.05) is 38.1 Å². The van der Waals surface area contributed by atoms with Crippen molar-refractivity contribution in [2.24, 2.45) is 0 Å². The highest BCUT2D eigenvalue weighted by Crippen LogP contribution is 2.32. The zero-order valence-electron chi connectivity index (χ0n) is 23.2. The topological polar surface area (TPSA) is 86.8 Å². The molecular weight excluding hydrogens is 543 g/mol. The van der Waals surface area contributed by atoms with Crippen LogP contribution in [0.4, 0.5) is 18.9 Å². The summed E-state index contributed by atoms with van der Waals surface area (Å²) in [4.78, 5) is 28.4. The zero-order chi connectivity index (χ0) is 29.5. The largest absolute Gasteiger partial charge is 0.416 e. The molecule has 1 N–H and O–H groups in total. The molecule has 2 aromatic rings. The molecule has 220 valence electrons. The minimum Gasteiger partial charge on any atom is -0.352 e. The highest BCUT2D eigenvalue weighted by molar-refractivity contribution is 7.92. The number of sulfonamides is 1. The summed E-state index contributed by atoms with van der Waals surface area (Å²) in [5.74, 6) is -0.535. The number of rotatable bonds is 12. The molecule has 0 spiro atoms. The van der Waals surface area contributed by atoms with Crippen molar-refractivity contribution < 1.29 is 31.2 Å². The van der Waals surface area contributed by atoms with Gasteiger partial charge >= 0.3 is 6.18 Å². The summed E-state index contributed by atoms with van der Waals surface area (Å²) < 4.78 is 65.6. The number of hydrogen-bond acceptors (Lipinski definition) is 4. The molecule has 2 aromatic carbocycles. The van der Waals surface area contributed by atoms with Crippen LogP contribution in [0.2, 0.25) is 0 Å². The molecule has 1 fully saturated rings. The van der Waals surface area contributed by atoms with Crippen LogP contribution < -0.4 is 9.62 Å². The number of amides is 2. The molecule has 40 heavy (non-hydrogen) atoms. The molecular formula is C29H38F3N3O4S. The minimum absolute atomic E-state index is 0.0626. The summed E-state index contributed by atoms with van der Waals surface area (Å²) >= 11 is 0. The maximum atomic E-state index is 13.6. The molecule has 0 radical (unpaired) electrons. The Bertz CT molecular complexity index is 1280. The van der Waals surface area contributed by atoms with Gasteiger partial charge in [-0.05, 0) is 61.9 Å². The lowest BCUT2D eigenvalue weighted by Crippen LogP contribution is -2.51. The van der Waals surface area contributed by atoms with E-state index < -0.39 is 27.8 Å². The number of nitrogens with one attached hydrogen (secondary N) is 1. The molecule has 0 saturated heterocycles. The van der Waals surface area contributed by atoms with Crippen molar-refractivity contribution >= 4 is 27.5 Å². The molecule has 0 heterocycles. The van der Waals surface area contributed by atoms with Crippen molar-refractivity contribution in [3.63, 3.8) is 0 Å². The molecule has 1 atom stereocenters. The van der Waals surface area contributed by atoms with Crippen molar-refractivity contribution in [3.05, 3.63) is 65.2 Å². The summed E-state index contributed by atoms with van der Waals surface area (Å²) in [6.45, 7) is 3.80. The van der Waals surface area contributed by atoms with Crippen LogP contribution in [-0.2, 0) is 32.3 Å². The zero-order valence-corrected chi connectivity index (χ0v) is 24.0. The Morgan fingerprint density at radius 1 is 1.07 bits per heavy atom. The van der Waals surface area contributed by atoms with E-state index in [0.29, 0.717) is 6.42 Å². The molecule has 7 nitrogen and oxygen atoms in total. The van der Waals surface area contributed by atoms with Gasteiger partial charge in [0.1, 0.15) is 6.04 Å². The molecule has 0 aromatic heterocycles. The number of benzene rings is 2. The maximum Gasteiger partial charge on any atom is 0.416 e. The average molecular weight is 582 g/mol. The number of hydrogen-bond donors (Lipinski definition) is 1. The van der Waals surface area contributed by atoms with E-state index in [4.69, 9.17) is 0 Å². The van der Waals surface area contributed by atoms with E-state index >= 15 is 0 Å². The lowest BCUT2D eigenvalue weighted by Gasteiger charge is -2.32. The standard InChI is InChI=1S/C29H38F3N3O4S/c1-4-26(28(37)33-24-14-7-8-15-24)34(20-22-12-6-5-11-21(22)2)27(36)17-10-18-35(40(3,38)39)25-16-9-13-23(19-25)29(30,31)32/h5-6,9,11-13,16,19,24,26H,4,7-8,10,14-15,17-18,20H2,1-3H3,(H,33,37)/t26-/m1/s1. The third-order valence-corrected chi connectivity index (χ3v) is 8.50. The molecule has 11 heteroatoms. The van der Waals surface area contributed by atoms with Gasteiger partial charge < -0.3 is 10.2 Å². The smallest absolute Gasteiger partial charge is 0.352 e. The number of carbonyl (C=O) groups is 2. The second kappa shape index (κ2) is 13.5. The van der Waals surface area contributed by atoms with E-state index in [2.05, 4.69) is 5.32 Å². The van der Waals surface area contributed by atoms with Gasteiger partial charge in [0.15, 0.2) is 0 Å². The van der Waals surface area contributed by atoms with Gasteiger partial charge in [-0.3, -0.25) is 13.9 Å². The predicted octanol–water partition coefficient (Wildman–Crippen LogP) is 5.43. The number of alkyl halides is 3. The summed E-state index contributed by atoms with van der Waals surface area (Å²) in [5.41, 5.74) is 0.783. The monoisotopic (exact) mass is 581 g/mol. The molecule has 2 amide bonds. The normalized spacial score (nSPS) is 15.1. The van der Waals surface area contributed by atoms with E-state index in [1.54, 1.807) is 4.90 Å². The maximum absolute atomic E-state index is 13.6. The highest BCUT2D eigenvalue weighted by atomic mass is 32.2. The molecule has 0 aliphatic heterocycles. The first kappa shape index (κ1) is 31.4. The van der Waals surface area contributed by atoms with Crippen molar-refractivity contribution in [2.75, 3.05) is 17.1 Å². The third kappa shape index (κ3) is 8.46. The van der Waals surface area contributed by atoms with Crippen LogP contribution >= 0.6 is 0 Å². The Balaban J connectivity index is 1.79. The number of carbonyl (C=O) groups excluding carboxylic acids is 2. The minimum atomic E-state index is -4.63. The van der Waals surface area contributed by atoms with Crippen molar-refractivity contribution in [1.29, 1.82) is 0 Å². The van der Waals surface area contributed by atoms with Crippen LogP contribution in [0.15, 0.2) is 48.5 Å². The number of halogens is 3. The van der Waals surface area contributed by atoms with Gasteiger partial charge in [-0.25, -0.2) is 8.42 Å². The number of anilines is 1. The van der Waals surface area contributed by atoms with Gasteiger partial charge in [0, 0.05) is 25.6 Å². The highest BCUT2D eigenvalue weighted by Gasteiger charge is 2.33. The van der Waals surface area contributed by atoms with Gasteiger partial charge in [-0.1, -0.05) is 50.1 Å². The van der Waals surface area contributed by atoms with Crippen LogP contribution in [0.3, 0.4) is 0 Å². The SMILES string of the molecule is CC[C@H](C(=O)NC1CCCC1)N(Cc1ccccc1C)C(=O)CCCN(c1cccc(C(F)(F)F)c1)S(C)(=O)=O. The number of nitrogens with zero attached hydrogens (tertiary/aromatic N) is 2. The van der Waals surface area contributed by atoms with Gasteiger partial charge in [0.05, 0.1) is 17.5 Å². The second-order valence-corrected chi connectivity index (χ2v) is 12.3. The van der Waals surface area contributed by atoms with Gasteiger partial charge in [0.25, 0.3) is 0 Å². The van der Waals surface area contributed by atoms with E-state index in [1.165, 1.54) is 6.07 Å². The number of aryl methyl sites for hydroxylation is 1. The summed E-state index contributed by atoms with van der Waals surface area (Å²) in [6.07, 6.45) is 0.592. The first-order chi connectivity index (χ1) is 18.8. The van der Waals surface area contributed by atoms with E-state index in [9.17, 15) is 31.2 Å². The summed E-state index contributed by atoms with van der Waals surface area (Å²) in [5, 5.41) is 3.09. The predicted molar refractivity (Wildman–Crippen MR) is 149 cm³/mol. The molecule has 1 aliphatic carbocycles. The van der Waals surface area contributed by atoms with Crippen LogP contribution in [0.25, 0.3) is 0 Å². The summed E-state index contributed by atoms with van der Waals surface area (Å²) in [6, 6.07) is 11.1. The Morgan fingerprint density at radius 3 is 2.35 bits per heavy atom. The molecule has 0 bridgehead atoms. The Labute approximate surface area is 234 Å². The molecule has 0 unspecified atom stereocenters. The van der Waals surface area contributed by atoms with Crippen molar-refractivity contribution in [2.45, 2.75) is 83.6 Å². The first-order valence-electron chi connectivity index (χ1n) is 13.6. The van der Waals surface area contributed by atoms with Crippen molar-refractivity contribution in [3.8, 4) is 0 Å². The van der Waals surface area contributed by atoms with Crippen LogP contribution in [0.1, 0.15) is 68.6 Å². The van der Waals surface area contributed by atoms with Gasteiger partial charge in [-0.15, -0.1) is 0 Å². The lowest BCUT2D eigenvalue weighted by atomic mass is 10.0. The fourth-order valence-electron chi connectivity index (χ4n) is 5.10. The molecule has 1 aliphatic rings. The second-order valence-electron chi connectivity index (χ2n) is 10.3. The Hall–Kier alpha value is -3.08. The third-order valence-electron chi connectivity index (χ3n) is 7.30. The quantitative estimate of drug-likeness (QED) is 0.362. The van der Waals surface area contributed by atoms with Gasteiger partial charge in [0.2, 0.25) is 21.8 Å². The fraction of sp³-hybridized carbons (Fsp3) is 0.517. The van der Waals surface area contributed by atoms with Crippen LogP contribution in [0.5, 0.6) is 0 Å². The Morgan fingerprint density at radius 2 is 1.75 bits per heavy atom. The summed E-state index contributed by atoms with van der Waals surface area (Å²) in [7, 11) is -3.92. The lowest BCUT2D eigenvalue weighted by molar-refractivity contribution is -0.141. The molecule has 3 rings (SSSR count). The Kier molecular flexibility index (Phi) is 10.6. The van der Waals surface area contributed by atoms with Crippen LogP contribution in [0, 0.1) is 6.92 Å². The van der Waals surface area contributed by atoms with Crippen LogP contribution in [-0.4, -0.2) is 50.0 Å². The van der Waals surface area contributed by atoms with Gasteiger partial charge in [-0.2, -0.15) is 13.2 Å². The first-order valence-corrected chi connectivity index (χ1v) is 15.5. The van der Waals surface area contributed by atoms with E-state index in [0.717, 1.165) is 65.6 Å². The fourth-order valence-corrected chi connectivity index (χ4v) is 6.06. The average Bonchev–Trinajstić information content (AvgIpc) is 3.39. The molecule has 1 saturated carbocycles.